The molecule has 140 valence electrons. The van der Waals surface area contributed by atoms with E-state index >= 15 is 0 Å². The molecule has 0 radical (unpaired) electrons. The molecule has 2 aromatic carbocycles. The molecule has 0 aliphatic heterocycles. The lowest BCUT2D eigenvalue weighted by atomic mass is 9.99. The zero-order valence-corrected chi connectivity index (χ0v) is 16.2. The molecule has 7 heteroatoms. The monoisotopic (exact) mass is 375 g/mol. The Hall–Kier alpha value is -2.22. The Kier molecular flexibility index (Phi) is 5.85. The molecule has 26 heavy (non-hydrogen) atoms. The second-order valence-corrected chi connectivity index (χ2v) is 8.66. The highest BCUT2D eigenvalue weighted by Gasteiger charge is 2.26. The summed E-state index contributed by atoms with van der Waals surface area (Å²) < 4.78 is 27.6. The van der Waals surface area contributed by atoms with Gasteiger partial charge in [0.05, 0.1) is 4.90 Å². The number of carbonyl (C=O) groups is 1. The van der Waals surface area contributed by atoms with Crippen molar-refractivity contribution in [3.8, 4) is 11.1 Å². The van der Waals surface area contributed by atoms with Crippen molar-refractivity contribution in [2.75, 3.05) is 5.32 Å². The first-order valence-electron chi connectivity index (χ1n) is 8.28. The Morgan fingerprint density at radius 2 is 1.46 bits per heavy atom. The SMILES string of the molecule is CC(=O)Nc1ccc(-c2ccc(S(=O)(=O)NC(C)C(C)(C)N)cc2)cc1. The number of anilines is 1. The maximum atomic E-state index is 12.5. The zero-order valence-electron chi connectivity index (χ0n) is 15.4. The summed E-state index contributed by atoms with van der Waals surface area (Å²) in [5.41, 5.74) is 7.80. The molecule has 0 aliphatic rings. The van der Waals surface area contributed by atoms with Crippen LogP contribution in [0.3, 0.4) is 0 Å². The van der Waals surface area contributed by atoms with Gasteiger partial charge in [-0.25, -0.2) is 13.1 Å². The Balaban J connectivity index is 2.18. The minimum atomic E-state index is -3.64. The summed E-state index contributed by atoms with van der Waals surface area (Å²) >= 11 is 0. The van der Waals surface area contributed by atoms with E-state index in [9.17, 15) is 13.2 Å². The van der Waals surface area contributed by atoms with Crippen LogP contribution >= 0.6 is 0 Å². The molecule has 0 fully saturated rings. The summed E-state index contributed by atoms with van der Waals surface area (Å²) in [5.74, 6) is -0.130. The van der Waals surface area contributed by atoms with Crippen LogP contribution in [-0.4, -0.2) is 25.9 Å². The summed E-state index contributed by atoms with van der Waals surface area (Å²) in [6, 6.07) is 13.6. The lowest BCUT2D eigenvalue weighted by Crippen LogP contribution is -2.52. The predicted octanol–water partition coefficient (Wildman–Crippen LogP) is 2.72. The summed E-state index contributed by atoms with van der Waals surface area (Å²) in [5, 5.41) is 2.71. The van der Waals surface area contributed by atoms with Crippen LogP contribution in [-0.2, 0) is 14.8 Å². The topological polar surface area (TPSA) is 101 Å². The zero-order chi connectivity index (χ0) is 19.5. The third-order valence-electron chi connectivity index (χ3n) is 4.15. The van der Waals surface area contributed by atoms with E-state index in [-0.39, 0.29) is 10.8 Å². The highest BCUT2D eigenvalue weighted by molar-refractivity contribution is 7.89. The third-order valence-corrected chi connectivity index (χ3v) is 5.71. The van der Waals surface area contributed by atoms with Crippen LogP contribution in [0.2, 0.25) is 0 Å². The van der Waals surface area contributed by atoms with E-state index < -0.39 is 21.6 Å². The lowest BCUT2D eigenvalue weighted by molar-refractivity contribution is -0.114. The Bertz CT molecular complexity index is 868. The molecular weight excluding hydrogens is 350 g/mol. The number of benzene rings is 2. The van der Waals surface area contributed by atoms with Crippen LogP contribution < -0.4 is 15.8 Å². The highest BCUT2D eigenvalue weighted by atomic mass is 32.2. The quantitative estimate of drug-likeness (QED) is 0.722. The molecule has 0 saturated carbocycles. The largest absolute Gasteiger partial charge is 0.326 e. The fraction of sp³-hybridized carbons (Fsp3) is 0.316. The van der Waals surface area contributed by atoms with Gasteiger partial charge < -0.3 is 11.1 Å². The van der Waals surface area contributed by atoms with Crippen molar-refractivity contribution >= 4 is 21.6 Å². The third kappa shape index (κ3) is 5.14. The summed E-state index contributed by atoms with van der Waals surface area (Å²) in [4.78, 5) is 11.2. The summed E-state index contributed by atoms with van der Waals surface area (Å²) in [6.07, 6.45) is 0. The van der Waals surface area contributed by atoms with Gasteiger partial charge in [0.15, 0.2) is 0 Å². The number of nitrogens with one attached hydrogen (secondary N) is 2. The van der Waals surface area contributed by atoms with E-state index in [4.69, 9.17) is 5.73 Å². The second-order valence-electron chi connectivity index (χ2n) is 6.95. The van der Waals surface area contributed by atoms with Crippen molar-refractivity contribution in [2.45, 2.75) is 44.2 Å². The van der Waals surface area contributed by atoms with E-state index in [0.717, 1.165) is 11.1 Å². The molecule has 0 spiro atoms. The number of sulfonamides is 1. The van der Waals surface area contributed by atoms with Crippen molar-refractivity contribution in [1.29, 1.82) is 0 Å². The van der Waals surface area contributed by atoms with Gasteiger partial charge in [0.2, 0.25) is 15.9 Å². The van der Waals surface area contributed by atoms with Crippen LogP contribution in [0.25, 0.3) is 11.1 Å². The van der Waals surface area contributed by atoms with E-state index in [0.29, 0.717) is 5.69 Å². The average molecular weight is 375 g/mol. The molecular formula is C19H25N3O3S. The van der Waals surface area contributed by atoms with Gasteiger partial charge in [-0.15, -0.1) is 0 Å². The van der Waals surface area contributed by atoms with Gasteiger partial charge in [0.25, 0.3) is 0 Å². The van der Waals surface area contributed by atoms with Gasteiger partial charge in [0.1, 0.15) is 0 Å². The minimum Gasteiger partial charge on any atom is -0.326 e. The molecule has 0 aromatic heterocycles. The van der Waals surface area contributed by atoms with E-state index in [1.807, 2.05) is 12.1 Å². The van der Waals surface area contributed by atoms with Gasteiger partial charge in [0, 0.05) is 24.2 Å². The van der Waals surface area contributed by atoms with Crippen molar-refractivity contribution in [3.63, 3.8) is 0 Å². The Labute approximate surface area is 154 Å². The van der Waals surface area contributed by atoms with Crippen LogP contribution in [0.15, 0.2) is 53.4 Å². The molecule has 4 N–H and O–H groups in total. The van der Waals surface area contributed by atoms with Crippen molar-refractivity contribution in [3.05, 3.63) is 48.5 Å². The molecule has 1 amide bonds. The first-order valence-corrected chi connectivity index (χ1v) is 9.76. The van der Waals surface area contributed by atoms with E-state index in [1.54, 1.807) is 57.2 Å². The van der Waals surface area contributed by atoms with Gasteiger partial charge in [-0.3, -0.25) is 4.79 Å². The van der Waals surface area contributed by atoms with Crippen molar-refractivity contribution in [1.82, 2.24) is 4.72 Å². The molecule has 0 aliphatic carbocycles. The summed E-state index contributed by atoms with van der Waals surface area (Å²) in [7, 11) is -3.64. The lowest BCUT2D eigenvalue weighted by Gasteiger charge is -2.27. The van der Waals surface area contributed by atoms with Gasteiger partial charge in [-0.2, -0.15) is 0 Å². The van der Waals surface area contributed by atoms with Crippen LogP contribution in [0.5, 0.6) is 0 Å². The number of amides is 1. The molecule has 2 aromatic rings. The molecule has 0 saturated heterocycles. The first kappa shape index (κ1) is 20.1. The maximum absolute atomic E-state index is 12.5. The second kappa shape index (κ2) is 7.57. The molecule has 0 heterocycles. The fourth-order valence-corrected chi connectivity index (χ4v) is 3.63. The number of rotatable bonds is 6. The molecule has 1 atom stereocenters. The van der Waals surface area contributed by atoms with Gasteiger partial charge in [-0.05, 0) is 56.2 Å². The van der Waals surface area contributed by atoms with Crippen LogP contribution in [0, 0.1) is 0 Å². The standard InChI is InChI=1S/C19H25N3O3S/c1-13(19(3,4)20)22-26(24,25)18-11-7-16(8-12-18)15-5-9-17(10-6-15)21-14(2)23/h5-13,22H,20H2,1-4H3,(H,21,23). The summed E-state index contributed by atoms with van der Waals surface area (Å²) in [6.45, 7) is 6.73. The highest BCUT2D eigenvalue weighted by Crippen LogP contribution is 2.23. The van der Waals surface area contributed by atoms with Crippen molar-refractivity contribution in [2.24, 2.45) is 5.73 Å². The van der Waals surface area contributed by atoms with E-state index in [2.05, 4.69) is 10.0 Å². The molecule has 0 bridgehead atoms. The maximum Gasteiger partial charge on any atom is 0.240 e. The van der Waals surface area contributed by atoms with Crippen molar-refractivity contribution < 1.29 is 13.2 Å². The van der Waals surface area contributed by atoms with Crippen LogP contribution in [0.1, 0.15) is 27.7 Å². The molecule has 1 unspecified atom stereocenters. The molecule has 2 rings (SSSR count). The molecule has 6 nitrogen and oxygen atoms in total. The number of hydrogen-bond donors (Lipinski definition) is 3. The Morgan fingerprint density at radius 1 is 1.00 bits per heavy atom. The fourth-order valence-electron chi connectivity index (χ4n) is 2.23. The Morgan fingerprint density at radius 3 is 1.88 bits per heavy atom. The number of nitrogens with two attached hydrogens (primary N) is 1. The number of hydrogen-bond acceptors (Lipinski definition) is 4. The minimum absolute atomic E-state index is 0.130. The van der Waals surface area contributed by atoms with Gasteiger partial charge in [-0.1, -0.05) is 24.3 Å². The average Bonchev–Trinajstić information content (AvgIpc) is 2.54. The predicted molar refractivity (Wildman–Crippen MR) is 104 cm³/mol. The smallest absolute Gasteiger partial charge is 0.240 e. The van der Waals surface area contributed by atoms with Gasteiger partial charge >= 0.3 is 0 Å². The van der Waals surface area contributed by atoms with Crippen LogP contribution in [0.4, 0.5) is 5.69 Å². The number of carbonyl (C=O) groups excluding carboxylic acids is 1. The first-order chi connectivity index (χ1) is 12.0. The normalized spacial score (nSPS) is 13.3. The van der Waals surface area contributed by atoms with E-state index in [1.165, 1.54) is 6.92 Å².